The van der Waals surface area contributed by atoms with E-state index in [-0.39, 0.29) is 12.4 Å². The zero-order chi connectivity index (χ0) is 16.2. The Labute approximate surface area is 148 Å². The predicted molar refractivity (Wildman–Crippen MR) is 95.1 cm³/mol. The van der Waals surface area contributed by atoms with Crippen molar-refractivity contribution in [1.82, 2.24) is 10.6 Å². The molecule has 1 aliphatic heterocycles. The average molecular weight is 381 g/mol. The molecule has 1 fully saturated rings. The number of carbonyl (C=O) groups excluding carboxylic acids is 1. The zero-order valence-electron chi connectivity index (χ0n) is 13.0. The molecule has 8 heteroatoms. The largest absolute Gasteiger partial charge is 0.354 e. The minimum atomic E-state index is -3.47. The van der Waals surface area contributed by atoms with E-state index in [0.717, 1.165) is 11.8 Å². The molecule has 0 aliphatic carbocycles. The van der Waals surface area contributed by atoms with Crippen molar-refractivity contribution in [2.75, 3.05) is 25.9 Å². The van der Waals surface area contributed by atoms with E-state index in [4.69, 9.17) is 11.6 Å². The standard InChI is InChI=1S/C15H21ClN2O3S.ClH/c1-22(20,21)15(7-10-17-11-8-15)14(19)18-9-6-12-4-2-3-5-13(12)16;/h2-5,17H,6-11H2,1H3,(H,18,19);1H. The van der Waals surface area contributed by atoms with Crippen molar-refractivity contribution < 1.29 is 13.2 Å². The zero-order valence-corrected chi connectivity index (χ0v) is 15.4. The number of carbonyl (C=O) groups is 1. The number of amides is 1. The third-order valence-corrected chi connectivity index (χ3v) is 6.55. The molecule has 1 saturated heterocycles. The van der Waals surface area contributed by atoms with Crippen LogP contribution in [0.2, 0.25) is 5.02 Å². The van der Waals surface area contributed by atoms with Crippen molar-refractivity contribution in [3.63, 3.8) is 0 Å². The Kier molecular flexibility index (Phi) is 7.32. The summed E-state index contributed by atoms with van der Waals surface area (Å²) < 4.78 is 22.9. The fraction of sp³-hybridized carbons (Fsp3) is 0.533. The number of nitrogens with one attached hydrogen (secondary N) is 2. The summed E-state index contributed by atoms with van der Waals surface area (Å²) in [7, 11) is -3.47. The van der Waals surface area contributed by atoms with Crippen molar-refractivity contribution in [2.24, 2.45) is 0 Å². The summed E-state index contributed by atoms with van der Waals surface area (Å²) in [6, 6.07) is 7.42. The SMILES string of the molecule is CS(=O)(=O)C1(C(=O)NCCc2ccccc2Cl)CCNCC1.Cl. The van der Waals surface area contributed by atoms with Crippen LogP contribution >= 0.6 is 24.0 Å². The van der Waals surface area contributed by atoms with E-state index in [0.29, 0.717) is 43.9 Å². The lowest BCUT2D eigenvalue weighted by Crippen LogP contribution is -2.57. The molecule has 1 aromatic rings. The van der Waals surface area contributed by atoms with Gasteiger partial charge >= 0.3 is 0 Å². The molecule has 23 heavy (non-hydrogen) atoms. The lowest BCUT2D eigenvalue weighted by atomic mass is 9.95. The Balaban J connectivity index is 0.00000264. The van der Waals surface area contributed by atoms with Gasteiger partial charge in [-0.05, 0) is 44.0 Å². The van der Waals surface area contributed by atoms with Crippen LogP contribution in [0.15, 0.2) is 24.3 Å². The van der Waals surface area contributed by atoms with Crippen LogP contribution in [-0.2, 0) is 21.1 Å². The Morgan fingerprint density at radius 3 is 2.48 bits per heavy atom. The van der Waals surface area contributed by atoms with E-state index in [2.05, 4.69) is 10.6 Å². The smallest absolute Gasteiger partial charge is 0.241 e. The van der Waals surface area contributed by atoms with Gasteiger partial charge in [0.25, 0.3) is 0 Å². The Hall–Kier alpha value is -0.820. The molecule has 1 aromatic carbocycles. The van der Waals surface area contributed by atoms with Crippen molar-refractivity contribution in [1.29, 1.82) is 0 Å². The maximum absolute atomic E-state index is 12.5. The highest BCUT2D eigenvalue weighted by Gasteiger charge is 2.48. The van der Waals surface area contributed by atoms with Gasteiger partial charge in [-0.2, -0.15) is 0 Å². The minimum absolute atomic E-state index is 0. The maximum Gasteiger partial charge on any atom is 0.241 e. The molecule has 0 unspecified atom stereocenters. The molecular formula is C15H22Cl2N2O3S. The van der Waals surface area contributed by atoms with Gasteiger partial charge in [-0.15, -0.1) is 12.4 Å². The van der Waals surface area contributed by atoms with Crippen LogP contribution in [0.1, 0.15) is 18.4 Å². The summed E-state index contributed by atoms with van der Waals surface area (Å²) in [5.74, 6) is -0.399. The van der Waals surface area contributed by atoms with Crippen LogP contribution in [0.4, 0.5) is 0 Å². The Bertz CT molecular complexity index is 644. The maximum atomic E-state index is 12.5. The lowest BCUT2D eigenvalue weighted by molar-refractivity contribution is -0.124. The van der Waals surface area contributed by atoms with Crippen molar-refractivity contribution >= 4 is 39.8 Å². The molecule has 2 N–H and O–H groups in total. The highest BCUT2D eigenvalue weighted by Crippen LogP contribution is 2.28. The fourth-order valence-corrected chi connectivity index (χ4v) is 4.35. The Morgan fingerprint density at radius 1 is 1.30 bits per heavy atom. The van der Waals surface area contributed by atoms with Gasteiger partial charge in [0.15, 0.2) is 14.6 Å². The second-order valence-electron chi connectivity index (χ2n) is 5.61. The number of benzene rings is 1. The molecule has 5 nitrogen and oxygen atoms in total. The molecule has 0 saturated carbocycles. The van der Waals surface area contributed by atoms with Crippen molar-refractivity contribution in [3.8, 4) is 0 Å². The first kappa shape index (κ1) is 20.2. The van der Waals surface area contributed by atoms with Gasteiger partial charge in [0.1, 0.15) is 0 Å². The number of hydrogen-bond donors (Lipinski definition) is 2. The average Bonchev–Trinajstić information content (AvgIpc) is 2.48. The molecule has 0 bridgehead atoms. The highest BCUT2D eigenvalue weighted by molar-refractivity contribution is 7.92. The van der Waals surface area contributed by atoms with E-state index in [1.807, 2.05) is 18.2 Å². The van der Waals surface area contributed by atoms with E-state index in [1.165, 1.54) is 0 Å². The molecule has 2 rings (SSSR count). The number of halogens is 2. The second-order valence-corrected chi connectivity index (χ2v) is 8.35. The van der Waals surface area contributed by atoms with E-state index >= 15 is 0 Å². The van der Waals surface area contributed by atoms with E-state index < -0.39 is 20.5 Å². The first-order valence-electron chi connectivity index (χ1n) is 7.29. The summed E-state index contributed by atoms with van der Waals surface area (Å²) in [6.45, 7) is 1.43. The van der Waals surface area contributed by atoms with E-state index in [9.17, 15) is 13.2 Å². The molecule has 0 atom stereocenters. The predicted octanol–water partition coefficient (Wildman–Crippen LogP) is 1.59. The summed E-state index contributed by atoms with van der Waals surface area (Å²) in [6.07, 6.45) is 2.34. The molecular weight excluding hydrogens is 359 g/mol. The lowest BCUT2D eigenvalue weighted by Gasteiger charge is -2.34. The molecule has 1 aliphatic rings. The molecule has 1 heterocycles. The van der Waals surface area contributed by atoms with Crippen LogP contribution in [0.25, 0.3) is 0 Å². The quantitative estimate of drug-likeness (QED) is 0.812. The monoisotopic (exact) mass is 380 g/mol. The fourth-order valence-electron chi connectivity index (χ4n) is 2.77. The van der Waals surface area contributed by atoms with Gasteiger partial charge in [-0.1, -0.05) is 29.8 Å². The highest BCUT2D eigenvalue weighted by atomic mass is 35.5. The van der Waals surface area contributed by atoms with Crippen LogP contribution in [0.5, 0.6) is 0 Å². The van der Waals surface area contributed by atoms with Gasteiger partial charge < -0.3 is 10.6 Å². The van der Waals surface area contributed by atoms with Crippen LogP contribution in [0, 0.1) is 0 Å². The van der Waals surface area contributed by atoms with Gasteiger partial charge in [0.2, 0.25) is 5.91 Å². The third kappa shape index (κ3) is 4.59. The second kappa shape index (κ2) is 8.33. The molecule has 0 spiro atoms. The Morgan fingerprint density at radius 2 is 1.91 bits per heavy atom. The minimum Gasteiger partial charge on any atom is -0.354 e. The third-order valence-electron chi connectivity index (χ3n) is 4.17. The molecule has 0 radical (unpaired) electrons. The molecule has 1 amide bonds. The van der Waals surface area contributed by atoms with Crippen LogP contribution < -0.4 is 10.6 Å². The van der Waals surface area contributed by atoms with Gasteiger partial charge in [-0.25, -0.2) is 8.42 Å². The van der Waals surface area contributed by atoms with Crippen LogP contribution in [0.3, 0.4) is 0 Å². The number of sulfone groups is 1. The van der Waals surface area contributed by atoms with Crippen molar-refractivity contribution in [2.45, 2.75) is 24.0 Å². The van der Waals surface area contributed by atoms with Gasteiger partial charge in [0.05, 0.1) is 0 Å². The number of hydrogen-bond acceptors (Lipinski definition) is 4. The van der Waals surface area contributed by atoms with E-state index in [1.54, 1.807) is 6.07 Å². The van der Waals surface area contributed by atoms with Crippen LogP contribution in [-0.4, -0.2) is 45.0 Å². The first-order valence-corrected chi connectivity index (χ1v) is 9.56. The normalized spacial score (nSPS) is 17.1. The van der Waals surface area contributed by atoms with Gasteiger partial charge in [0, 0.05) is 17.8 Å². The summed E-state index contributed by atoms with van der Waals surface area (Å²) in [4.78, 5) is 12.5. The number of piperidine rings is 1. The molecule has 0 aromatic heterocycles. The first-order chi connectivity index (χ1) is 10.4. The summed E-state index contributed by atoms with van der Waals surface area (Å²) in [5, 5.41) is 6.51. The van der Waals surface area contributed by atoms with Gasteiger partial charge in [-0.3, -0.25) is 4.79 Å². The summed E-state index contributed by atoms with van der Waals surface area (Å²) >= 11 is 6.07. The van der Waals surface area contributed by atoms with Crippen molar-refractivity contribution in [3.05, 3.63) is 34.9 Å². The topological polar surface area (TPSA) is 75.3 Å². The summed E-state index contributed by atoms with van der Waals surface area (Å²) in [5.41, 5.74) is 0.934. The molecule has 130 valence electrons. The number of rotatable bonds is 5.